The van der Waals surface area contributed by atoms with E-state index in [1.54, 1.807) is 0 Å². The van der Waals surface area contributed by atoms with Crippen LogP contribution in [0.5, 0.6) is 0 Å². The summed E-state index contributed by atoms with van der Waals surface area (Å²) in [6.45, 7) is 0.534. The third-order valence-corrected chi connectivity index (χ3v) is 1.56. The topological polar surface area (TPSA) is 108 Å². The summed E-state index contributed by atoms with van der Waals surface area (Å²) in [6.07, 6.45) is 1.01. The molecule has 88 valence electrons. The smallest absolute Gasteiger partial charge is 0.259 e. The molecule has 0 spiro atoms. The molecule has 0 amide bonds. The summed E-state index contributed by atoms with van der Waals surface area (Å²) in [5.74, 6) is 0.293. The average molecular weight is 219 g/mol. The molecule has 0 saturated heterocycles. The van der Waals surface area contributed by atoms with Gasteiger partial charge in [-0.2, -0.15) is 0 Å². The van der Waals surface area contributed by atoms with Crippen LogP contribution in [-0.2, 0) is 0 Å². The maximum absolute atomic E-state index is 10.3. The maximum atomic E-state index is 10.3. The van der Waals surface area contributed by atoms with Crippen LogP contribution in [0.25, 0.3) is 0 Å². The van der Waals surface area contributed by atoms with Gasteiger partial charge < -0.3 is 15.5 Å². The Morgan fingerprint density at radius 2 is 2.00 bits per heavy atom. The highest BCUT2D eigenvalue weighted by Gasteiger charge is 2.05. The lowest BCUT2D eigenvalue weighted by molar-refractivity contribution is -0.463. The second kappa shape index (κ2) is 9.35. The molecule has 0 aromatic heterocycles. The summed E-state index contributed by atoms with van der Waals surface area (Å²) in [5, 5.41) is 30.1. The van der Waals surface area contributed by atoms with Crippen LogP contribution in [-0.4, -0.2) is 53.8 Å². The number of nitrogens with one attached hydrogen (secondary N) is 1. The van der Waals surface area contributed by atoms with Crippen LogP contribution in [0.3, 0.4) is 0 Å². The molecular weight excluding hydrogens is 202 g/mol. The van der Waals surface area contributed by atoms with Crippen LogP contribution >= 0.6 is 0 Å². The van der Waals surface area contributed by atoms with Crippen molar-refractivity contribution in [2.75, 3.05) is 32.8 Å². The lowest BCUT2D eigenvalue weighted by Gasteiger charge is -2.05. The molecule has 0 heterocycles. The van der Waals surface area contributed by atoms with E-state index in [1.165, 1.54) is 0 Å². The number of hydrogen-bond donors (Lipinski definition) is 3. The number of amidine groups is 1. The largest absolute Gasteiger partial charge is 0.396 e. The second-order valence-corrected chi connectivity index (χ2v) is 2.90. The fourth-order valence-corrected chi connectivity index (χ4v) is 0.881. The van der Waals surface area contributed by atoms with Gasteiger partial charge in [-0.15, -0.1) is 0 Å². The number of hydrogen-bond acceptors (Lipinski definition) is 5. The molecule has 0 fully saturated rings. The van der Waals surface area contributed by atoms with Gasteiger partial charge in [-0.3, -0.25) is 15.1 Å². The molecule has 0 radical (unpaired) electrons. The van der Waals surface area contributed by atoms with E-state index >= 15 is 0 Å². The Morgan fingerprint density at radius 3 is 2.53 bits per heavy atom. The Labute approximate surface area is 88.0 Å². The molecule has 0 aliphatic rings. The highest BCUT2D eigenvalue weighted by molar-refractivity contribution is 5.83. The highest BCUT2D eigenvalue weighted by atomic mass is 16.6. The van der Waals surface area contributed by atoms with E-state index in [0.29, 0.717) is 31.8 Å². The Balaban J connectivity index is 3.93. The Bertz CT molecular complexity index is 208. The van der Waals surface area contributed by atoms with E-state index in [0.717, 1.165) is 0 Å². The monoisotopic (exact) mass is 219 g/mol. The lowest BCUT2D eigenvalue weighted by atomic mass is 10.4. The highest BCUT2D eigenvalue weighted by Crippen LogP contribution is 1.84. The minimum atomic E-state index is -0.469. The van der Waals surface area contributed by atoms with E-state index < -0.39 is 4.92 Å². The van der Waals surface area contributed by atoms with Crippen LogP contribution < -0.4 is 5.32 Å². The molecule has 0 atom stereocenters. The molecular formula is C8H17N3O4. The van der Waals surface area contributed by atoms with E-state index in [-0.39, 0.29) is 19.8 Å². The summed E-state index contributed by atoms with van der Waals surface area (Å²) in [4.78, 5) is 13.7. The first-order chi connectivity index (χ1) is 7.20. The van der Waals surface area contributed by atoms with E-state index in [2.05, 4.69) is 10.3 Å². The van der Waals surface area contributed by atoms with Gasteiger partial charge in [-0.25, -0.2) is 0 Å². The van der Waals surface area contributed by atoms with E-state index in [1.807, 2.05) is 0 Å². The van der Waals surface area contributed by atoms with Gasteiger partial charge in [0.2, 0.25) is 0 Å². The van der Waals surface area contributed by atoms with Crippen LogP contribution in [0.2, 0.25) is 0 Å². The Hall–Kier alpha value is -1.21. The van der Waals surface area contributed by atoms with Crippen LogP contribution in [0.15, 0.2) is 4.99 Å². The SMILES string of the molecule is O=[N+]([O-])CC(=NCCCO)NCCCO. The van der Waals surface area contributed by atoms with Crippen LogP contribution in [0.4, 0.5) is 0 Å². The summed E-state index contributed by atoms with van der Waals surface area (Å²) in [7, 11) is 0. The summed E-state index contributed by atoms with van der Waals surface area (Å²) < 4.78 is 0. The first-order valence-electron chi connectivity index (χ1n) is 4.81. The van der Waals surface area contributed by atoms with Crippen LogP contribution in [0.1, 0.15) is 12.8 Å². The van der Waals surface area contributed by atoms with Gasteiger partial charge in [-0.05, 0) is 12.8 Å². The Morgan fingerprint density at radius 1 is 1.33 bits per heavy atom. The summed E-state index contributed by atoms with van der Waals surface area (Å²) in [5.41, 5.74) is 0. The standard InChI is InChI=1S/C8H17N3O4/c12-5-1-3-9-8(7-11(14)15)10-4-2-6-13/h12-13H,1-7H2,(H,9,10). The van der Waals surface area contributed by atoms with Gasteiger partial charge in [0.05, 0.1) is 0 Å². The average Bonchev–Trinajstić information content (AvgIpc) is 2.17. The van der Waals surface area contributed by atoms with Gasteiger partial charge in [0.1, 0.15) is 0 Å². The molecule has 15 heavy (non-hydrogen) atoms. The van der Waals surface area contributed by atoms with Gasteiger partial charge in [-0.1, -0.05) is 0 Å². The molecule has 0 bridgehead atoms. The minimum Gasteiger partial charge on any atom is -0.396 e. The fraction of sp³-hybridized carbons (Fsp3) is 0.875. The summed E-state index contributed by atoms with van der Waals surface area (Å²) >= 11 is 0. The van der Waals surface area contributed by atoms with Crippen molar-refractivity contribution in [2.45, 2.75) is 12.8 Å². The zero-order valence-electron chi connectivity index (χ0n) is 8.56. The first kappa shape index (κ1) is 13.8. The molecule has 3 N–H and O–H groups in total. The van der Waals surface area contributed by atoms with E-state index in [9.17, 15) is 10.1 Å². The normalized spacial score (nSPS) is 11.5. The number of nitrogens with zero attached hydrogens (tertiary/aromatic N) is 2. The zero-order valence-corrected chi connectivity index (χ0v) is 8.56. The van der Waals surface area contributed by atoms with Crippen molar-refractivity contribution in [3.05, 3.63) is 10.1 Å². The number of aliphatic hydroxyl groups excluding tert-OH is 2. The number of nitro groups is 1. The molecule has 0 aromatic rings. The summed E-state index contributed by atoms with van der Waals surface area (Å²) in [6, 6.07) is 0. The predicted octanol–water partition coefficient (Wildman–Crippen LogP) is -0.984. The number of aliphatic hydroxyl groups is 2. The number of rotatable bonds is 8. The van der Waals surface area contributed by atoms with Crippen molar-refractivity contribution >= 4 is 5.84 Å². The zero-order chi connectivity index (χ0) is 11.5. The molecule has 0 saturated carbocycles. The van der Waals surface area contributed by atoms with Crippen molar-refractivity contribution in [2.24, 2.45) is 4.99 Å². The van der Waals surface area contributed by atoms with Gasteiger partial charge in [0, 0.05) is 31.2 Å². The Kier molecular flexibility index (Phi) is 8.59. The molecule has 0 unspecified atom stereocenters. The predicted molar refractivity (Wildman–Crippen MR) is 55.6 cm³/mol. The molecule has 7 heteroatoms. The molecule has 0 aromatic carbocycles. The molecule has 0 aliphatic heterocycles. The van der Waals surface area contributed by atoms with Crippen molar-refractivity contribution in [3.8, 4) is 0 Å². The fourth-order valence-electron chi connectivity index (χ4n) is 0.881. The second-order valence-electron chi connectivity index (χ2n) is 2.90. The molecule has 0 rings (SSSR count). The minimum absolute atomic E-state index is 0.0197. The van der Waals surface area contributed by atoms with Gasteiger partial charge in [0.15, 0.2) is 5.84 Å². The lowest BCUT2D eigenvalue weighted by Crippen LogP contribution is -2.31. The molecule has 0 aliphatic carbocycles. The maximum Gasteiger partial charge on any atom is 0.259 e. The van der Waals surface area contributed by atoms with Crippen molar-refractivity contribution in [1.29, 1.82) is 0 Å². The van der Waals surface area contributed by atoms with Crippen molar-refractivity contribution < 1.29 is 15.1 Å². The van der Waals surface area contributed by atoms with Crippen LogP contribution in [0, 0.1) is 10.1 Å². The first-order valence-corrected chi connectivity index (χ1v) is 4.81. The molecule has 7 nitrogen and oxygen atoms in total. The third kappa shape index (κ3) is 9.10. The number of aliphatic imine (C=N–C) groups is 1. The van der Waals surface area contributed by atoms with Gasteiger partial charge in [0.25, 0.3) is 6.54 Å². The van der Waals surface area contributed by atoms with Crippen molar-refractivity contribution in [3.63, 3.8) is 0 Å². The van der Waals surface area contributed by atoms with Gasteiger partial charge >= 0.3 is 0 Å². The van der Waals surface area contributed by atoms with E-state index in [4.69, 9.17) is 10.2 Å². The van der Waals surface area contributed by atoms with Crippen molar-refractivity contribution in [1.82, 2.24) is 5.32 Å². The third-order valence-electron chi connectivity index (χ3n) is 1.56. The quantitative estimate of drug-likeness (QED) is 0.160.